The Labute approximate surface area is 163 Å². The Morgan fingerprint density at radius 2 is 1.74 bits per heavy atom. The van der Waals surface area contributed by atoms with Crippen molar-refractivity contribution in [3.8, 4) is 0 Å². The van der Waals surface area contributed by atoms with E-state index in [9.17, 15) is 21.6 Å². The molecule has 0 aliphatic carbocycles. The van der Waals surface area contributed by atoms with Crippen molar-refractivity contribution < 1.29 is 21.6 Å². The lowest BCUT2D eigenvalue weighted by Gasteiger charge is -2.06. The molecule has 0 saturated heterocycles. The maximum Gasteiger partial charge on any atom is 0.250 e. The molecule has 27 heavy (non-hydrogen) atoms. The number of sulfonamides is 1. The number of amides is 1. The number of hydrogen-bond donors (Lipinski definition) is 2. The summed E-state index contributed by atoms with van der Waals surface area (Å²) in [5.41, 5.74) is 0.711. The molecule has 0 bridgehead atoms. The van der Waals surface area contributed by atoms with Gasteiger partial charge < -0.3 is 5.32 Å². The fourth-order valence-corrected chi connectivity index (χ4v) is 6.12. The van der Waals surface area contributed by atoms with Gasteiger partial charge in [-0.3, -0.25) is 4.79 Å². The predicted molar refractivity (Wildman–Crippen MR) is 106 cm³/mol. The van der Waals surface area contributed by atoms with Crippen LogP contribution in [0.5, 0.6) is 0 Å². The molecule has 10 heteroatoms. The second kappa shape index (κ2) is 9.45. The van der Waals surface area contributed by atoms with E-state index in [2.05, 4.69) is 10.0 Å². The van der Waals surface area contributed by atoms with Gasteiger partial charge in [-0.1, -0.05) is 30.3 Å². The first kappa shape index (κ1) is 21.5. The Morgan fingerprint density at radius 3 is 2.41 bits per heavy atom. The van der Waals surface area contributed by atoms with Crippen LogP contribution in [0, 0.1) is 0 Å². The summed E-state index contributed by atoms with van der Waals surface area (Å²) in [5.74, 6) is -0.344. The van der Waals surface area contributed by atoms with Gasteiger partial charge in [-0.05, 0) is 24.1 Å². The van der Waals surface area contributed by atoms with Crippen LogP contribution in [0.2, 0.25) is 0 Å². The largest absolute Gasteiger partial charge is 0.351 e. The van der Waals surface area contributed by atoms with Gasteiger partial charge in [0.05, 0.1) is 18.1 Å². The molecule has 0 radical (unpaired) electrons. The Morgan fingerprint density at radius 1 is 1.04 bits per heavy atom. The van der Waals surface area contributed by atoms with Crippen LogP contribution in [0.1, 0.15) is 23.8 Å². The normalized spacial score (nSPS) is 12.0. The monoisotopic (exact) mass is 430 g/mol. The van der Waals surface area contributed by atoms with Gasteiger partial charge in [-0.2, -0.15) is 0 Å². The van der Waals surface area contributed by atoms with Crippen molar-refractivity contribution in [2.45, 2.75) is 29.9 Å². The fraction of sp³-hybridized carbons (Fsp3) is 0.353. The van der Waals surface area contributed by atoms with Crippen molar-refractivity contribution in [2.75, 3.05) is 12.3 Å². The standard InChI is InChI=1S/C17H22N2O5S3/c1-14(20)18-12-16-8-9-17(25-16)27(23,24)19-10-5-11-26(21,22)13-15-6-3-2-4-7-15/h2-4,6-9,19H,5,10-13H2,1H3,(H,18,20). The summed E-state index contributed by atoms with van der Waals surface area (Å²) >= 11 is 1.06. The van der Waals surface area contributed by atoms with E-state index in [1.54, 1.807) is 30.3 Å². The van der Waals surface area contributed by atoms with Crippen LogP contribution in [0.15, 0.2) is 46.7 Å². The van der Waals surface area contributed by atoms with Crippen molar-refractivity contribution in [2.24, 2.45) is 0 Å². The minimum atomic E-state index is -3.69. The smallest absolute Gasteiger partial charge is 0.250 e. The maximum atomic E-state index is 12.3. The number of carbonyl (C=O) groups excluding carboxylic acids is 1. The number of nitrogens with one attached hydrogen (secondary N) is 2. The van der Waals surface area contributed by atoms with E-state index < -0.39 is 19.9 Å². The van der Waals surface area contributed by atoms with Crippen molar-refractivity contribution in [3.63, 3.8) is 0 Å². The van der Waals surface area contributed by atoms with Gasteiger partial charge in [0.1, 0.15) is 4.21 Å². The molecule has 148 valence electrons. The second-order valence-corrected chi connectivity index (χ2v) is 11.3. The topological polar surface area (TPSA) is 109 Å². The molecular formula is C17H22N2O5S3. The molecule has 1 aromatic heterocycles. The number of carbonyl (C=O) groups is 1. The molecule has 7 nitrogen and oxygen atoms in total. The Bertz CT molecular complexity index is 967. The van der Waals surface area contributed by atoms with Crippen LogP contribution in [-0.4, -0.2) is 35.0 Å². The number of hydrogen-bond acceptors (Lipinski definition) is 6. The van der Waals surface area contributed by atoms with Crippen LogP contribution < -0.4 is 10.0 Å². The Hall–Kier alpha value is -1.75. The molecule has 1 aromatic carbocycles. The zero-order valence-corrected chi connectivity index (χ0v) is 17.3. The summed E-state index contributed by atoms with van der Waals surface area (Å²) in [6, 6.07) is 12.0. The summed E-state index contributed by atoms with van der Waals surface area (Å²) in [4.78, 5) is 11.6. The highest BCUT2D eigenvalue weighted by molar-refractivity contribution is 7.91. The molecule has 0 aliphatic rings. The Kier molecular flexibility index (Phi) is 7.54. The van der Waals surface area contributed by atoms with Crippen molar-refractivity contribution >= 4 is 37.1 Å². The molecular weight excluding hydrogens is 408 g/mol. The van der Waals surface area contributed by atoms with Gasteiger partial charge in [0.15, 0.2) is 9.84 Å². The third-order valence-electron chi connectivity index (χ3n) is 3.57. The van der Waals surface area contributed by atoms with E-state index in [4.69, 9.17) is 0 Å². The highest BCUT2D eigenvalue weighted by Gasteiger charge is 2.17. The Balaban J connectivity index is 1.82. The quantitative estimate of drug-likeness (QED) is 0.557. The summed E-state index contributed by atoms with van der Waals surface area (Å²) in [6.45, 7) is 1.70. The highest BCUT2D eigenvalue weighted by Crippen LogP contribution is 2.21. The minimum Gasteiger partial charge on any atom is -0.351 e. The summed E-state index contributed by atoms with van der Waals surface area (Å²) in [5, 5.41) is 2.60. The predicted octanol–water partition coefficient (Wildman–Crippen LogP) is 1.67. The molecule has 2 N–H and O–H groups in total. The first-order chi connectivity index (χ1) is 12.7. The number of benzene rings is 1. The van der Waals surface area contributed by atoms with Gasteiger partial charge in [-0.15, -0.1) is 11.3 Å². The second-order valence-electron chi connectivity index (χ2n) is 5.96. The third-order valence-corrected chi connectivity index (χ3v) is 8.29. The lowest BCUT2D eigenvalue weighted by molar-refractivity contribution is -0.119. The van der Waals surface area contributed by atoms with E-state index in [0.29, 0.717) is 5.56 Å². The molecule has 0 aliphatic heterocycles. The van der Waals surface area contributed by atoms with Crippen LogP contribution in [0.3, 0.4) is 0 Å². The lowest BCUT2D eigenvalue weighted by atomic mass is 10.2. The highest BCUT2D eigenvalue weighted by atomic mass is 32.2. The van der Waals surface area contributed by atoms with E-state index in [-0.39, 0.29) is 41.1 Å². The van der Waals surface area contributed by atoms with E-state index in [0.717, 1.165) is 16.2 Å². The molecule has 0 fully saturated rings. The summed E-state index contributed by atoms with van der Waals surface area (Å²) in [7, 11) is -6.99. The van der Waals surface area contributed by atoms with Gasteiger partial charge in [0, 0.05) is 18.3 Å². The van der Waals surface area contributed by atoms with Crippen LogP contribution in [0.4, 0.5) is 0 Å². The first-order valence-electron chi connectivity index (χ1n) is 8.25. The van der Waals surface area contributed by atoms with Crippen LogP contribution in [-0.2, 0) is 37.0 Å². The van der Waals surface area contributed by atoms with Crippen molar-refractivity contribution in [3.05, 3.63) is 52.9 Å². The molecule has 2 rings (SSSR count). The maximum absolute atomic E-state index is 12.3. The molecule has 0 atom stereocenters. The van der Waals surface area contributed by atoms with Crippen molar-refractivity contribution in [1.29, 1.82) is 0 Å². The van der Waals surface area contributed by atoms with Gasteiger partial charge >= 0.3 is 0 Å². The van der Waals surface area contributed by atoms with Crippen LogP contribution >= 0.6 is 11.3 Å². The summed E-state index contributed by atoms with van der Waals surface area (Å²) < 4.78 is 51.3. The molecule has 0 saturated carbocycles. The third kappa shape index (κ3) is 7.41. The number of thiophene rings is 1. The molecule has 0 unspecified atom stereocenters. The zero-order chi connectivity index (χ0) is 19.9. The van der Waals surface area contributed by atoms with E-state index in [1.165, 1.54) is 13.0 Å². The lowest BCUT2D eigenvalue weighted by Crippen LogP contribution is -2.25. The molecule has 1 amide bonds. The average molecular weight is 431 g/mol. The van der Waals surface area contributed by atoms with Gasteiger partial charge in [-0.25, -0.2) is 21.6 Å². The summed E-state index contributed by atoms with van der Waals surface area (Å²) in [6.07, 6.45) is 0.193. The van der Waals surface area contributed by atoms with E-state index in [1.807, 2.05) is 6.07 Å². The van der Waals surface area contributed by atoms with Crippen LogP contribution in [0.25, 0.3) is 0 Å². The van der Waals surface area contributed by atoms with E-state index >= 15 is 0 Å². The van der Waals surface area contributed by atoms with Crippen molar-refractivity contribution in [1.82, 2.24) is 10.0 Å². The number of rotatable bonds is 10. The number of sulfone groups is 1. The fourth-order valence-electron chi connectivity index (χ4n) is 2.28. The average Bonchev–Trinajstić information content (AvgIpc) is 3.07. The molecule has 0 spiro atoms. The van der Waals surface area contributed by atoms with Gasteiger partial charge in [0.2, 0.25) is 15.9 Å². The molecule has 1 heterocycles. The van der Waals surface area contributed by atoms with Gasteiger partial charge in [0.25, 0.3) is 0 Å². The zero-order valence-electron chi connectivity index (χ0n) is 14.8. The SMILES string of the molecule is CC(=O)NCc1ccc(S(=O)(=O)NCCCS(=O)(=O)Cc2ccccc2)s1. The minimum absolute atomic E-state index is 0.0370. The molecule has 2 aromatic rings. The first-order valence-corrected chi connectivity index (χ1v) is 12.4.